The van der Waals surface area contributed by atoms with Gasteiger partial charge in [-0.2, -0.15) is 0 Å². The van der Waals surface area contributed by atoms with E-state index < -0.39 is 17.7 Å². The summed E-state index contributed by atoms with van der Waals surface area (Å²) in [6.45, 7) is 2.25. The molecule has 0 radical (unpaired) electrons. The molecule has 0 aliphatic carbocycles. The van der Waals surface area contributed by atoms with Gasteiger partial charge in [0, 0.05) is 13.1 Å². The van der Waals surface area contributed by atoms with Crippen molar-refractivity contribution in [1.29, 1.82) is 0 Å². The molecule has 0 spiro atoms. The van der Waals surface area contributed by atoms with Crippen LogP contribution in [0.25, 0.3) is 0 Å². The minimum Gasteiger partial charge on any atom is -0.504 e. The van der Waals surface area contributed by atoms with Crippen LogP contribution in [0.4, 0.5) is 0 Å². The number of phenolic OH excluding ortho intramolecular Hbond substituents is 1. The van der Waals surface area contributed by atoms with E-state index in [4.69, 9.17) is 4.74 Å². The fourth-order valence-electron chi connectivity index (χ4n) is 2.76. The number of hydrogen-bond donors (Lipinski definition) is 2. The van der Waals surface area contributed by atoms with Crippen LogP contribution in [-0.2, 0) is 9.59 Å². The first-order chi connectivity index (χ1) is 11.3. The maximum Gasteiger partial charge on any atom is 0.290 e. The van der Waals surface area contributed by atoms with Crippen LogP contribution in [-0.4, -0.2) is 66.0 Å². The Balaban J connectivity index is 2.50. The summed E-state index contributed by atoms with van der Waals surface area (Å²) in [6.07, 6.45) is 0. The quantitative estimate of drug-likeness (QED) is 0.814. The lowest BCUT2D eigenvalue weighted by molar-refractivity contribution is -0.129. The van der Waals surface area contributed by atoms with Crippen LogP contribution in [0, 0.1) is 0 Å². The number of benzene rings is 1. The van der Waals surface area contributed by atoms with Gasteiger partial charge in [0.25, 0.3) is 5.91 Å². The summed E-state index contributed by atoms with van der Waals surface area (Å²) < 4.78 is 5.10. The van der Waals surface area contributed by atoms with Crippen molar-refractivity contribution in [2.45, 2.75) is 13.0 Å². The first kappa shape index (κ1) is 17.8. The summed E-state index contributed by atoms with van der Waals surface area (Å²) in [4.78, 5) is 27.8. The van der Waals surface area contributed by atoms with Gasteiger partial charge >= 0.3 is 0 Å². The third-order valence-corrected chi connectivity index (χ3v) is 3.99. The van der Waals surface area contributed by atoms with Gasteiger partial charge in [-0.05, 0) is 38.7 Å². The zero-order valence-corrected chi connectivity index (χ0v) is 14.2. The van der Waals surface area contributed by atoms with E-state index in [-0.39, 0.29) is 22.9 Å². The SMILES string of the molecule is COc1cc([C@@H]2C(C(C)=O)=C(O)C(=O)N2CCN(C)C)ccc1O. The van der Waals surface area contributed by atoms with E-state index in [1.54, 1.807) is 12.1 Å². The second-order valence-corrected chi connectivity index (χ2v) is 5.95. The second kappa shape index (κ2) is 6.92. The average molecular weight is 334 g/mol. The highest BCUT2D eigenvalue weighted by Crippen LogP contribution is 2.40. The number of ether oxygens (including phenoxy) is 1. The van der Waals surface area contributed by atoms with Gasteiger partial charge in [-0.1, -0.05) is 6.07 Å². The molecule has 0 unspecified atom stereocenters. The van der Waals surface area contributed by atoms with E-state index in [0.717, 1.165) is 0 Å². The van der Waals surface area contributed by atoms with Crippen LogP contribution in [0.5, 0.6) is 11.5 Å². The third-order valence-electron chi connectivity index (χ3n) is 3.99. The van der Waals surface area contributed by atoms with Gasteiger partial charge in [-0.15, -0.1) is 0 Å². The van der Waals surface area contributed by atoms with Crippen molar-refractivity contribution < 1.29 is 24.5 Å². The fourth-order valence-corrected chi connectivity index (χ4v) is 2.76. The number of hydrogen-bond acceptors (Lipinski definition) is 6. The molecule has 7 nitrogen and oxygen atoms in total. The number of Topliss-reactive ketones (excluding diaryl/α,β-unsaturated/α-hetero) is 1. The van der Waals surface area contributed by atoms with Crippen LogP contribution >= 0.6 is 0 Å². The van der Waals surface area contributed by atoms with Crippen molar-refractivity contribution in [3.8, 4) is 11.5 Å². The molecule has 0 bridgehead atoms. The molecule has 0 fully saturated rings. The van der Waals surface area contributed by atoms with E-state index in [9.17, 15) is 19.8 Å². The molecule has 24 heavy (non-hydrogen) atoms. The molecule has 0 aromatic heterocycles. The number of methoxy groups -OCH3 is 1. The molecule has 1 heterocycles. The van der Waals surface area contributed by atoms with Crippen molar-refractivity contribution in [3.63, 3.8) is 0 Å². The van der Waals surface area contributed by atoms with Crippen LogP contribution in [0.15, 0.2) is 29.5 Å². The maximum atomic E-state index is 12.4. The lowest BCUT2D eigenvalue weighted by Crippen LogP contribution is -2.36. The zero-order chi connectivity index (χ0) is 18.0. The van der Waals surface area contributed by atoms with E-state index in [2.05, 4.69) is 0 Å². The Kier molecular flexibility index (Phi) is 5.14. The predicted molar refractivity (Wildman–Crippen MR) is 88.0 cm³/mol. The Hall–Kier alpha value is -2.54. The number of amides is 1. The smallest absolute Gasteiger partial charge is 0.290 e. The molecule has 2 N–H and O–H groups in total. The largest absolute Gasteiger partial charge is 0.504 e. The van der Waals surface area contributed by atoms with Crippen molar-refractivity contribution in [3.05, 3.63) is 35.1 Å². The van der Waals surface area contributed by atoms with Gasteiger partial charge in [0.15, 0.2) is 23.0 Å². The van der Waals surface area contributed by atoms with Crippen molar-refractivity contribution >= 4 is 11.7 Å². The Bertz CT molecular complexity index is 696. The first-order valence-electron chi connectivity index (χ1n) is 7.54. The van der Waals surface area contributed by atoms with Crippen LogP contribution in [0.2, 0.25) is 0 Å². The summed E-state index contributed by atoms with van der Waals surface area (Å²) in [5, 5.41) is 19.9. The van der Waals surface area contributed by atoms with Crippen LogP contribution in [0.3, 0.4) is 0 Å². The summed E-state index contributed by atoms with van der Waals surface area (Å²) in [5.74, 6) is -1.26. The van der Waals surface area contributed by atoms with E-state index in [0.29, 0.717) is 18.7 Å². The molecule has 1 aliphatic heterocycles. The molecule has 1 amide bonds. The molecule has 0 saturated heterocycles. The van der Waals surface area contributed by atoms with Gasteiger partial charge in [0.2, 0.25) is 0 Å². The molecule has 0 saturated carbocycles. The summed E-state index contributed by atoms with van der Waals surface area (Å²) in [7, 11) is 5.16. The Morgan fingerprint density at radius 1 is 1.33 bits per heavy atom. The number of carbonyl (C=O) groups is 2. The topological polar surface area (TPSA) is 90.3 Å². The van der Waals surface area contributed by atoms with Gasteiger partial charge in [0.1, 0.15) is 0 Å². The molecule has 1 aromatic carbocycles. The summed E-state index contributed by atoms with van der Waals surface area (Å²) >= 11 is 0. The van der Waals surface area contributed by atoms with E-state index in [1.165, 1.54) is 25.0 Å². The molecular weight excluding hydrogens is 312 g/mol. The molecule has 1 atom stereocenters. The predicted octanol–water partition coefficient (Wildman–Crippen LogP) is 1.25. The molecular formula is C17H22N2O5. The van der Waals surface area contributed by atoms with Gasteiger partial charge in [0.05, 0.1) is 18.7 Å². The minimum atomic E-state index is -0.704. The first-order valence-corrected chi connectivity index (χ1v) is 7.54. The number of aliphatic hydroxyl groups excluding tert-OH is 1. The number of aromatic hydroxyl groups is 1. The number of carbonyl (C=O) groups excluding carboxylic acids is 2. The highest BCUT2D eigenvalue weighted by molar-refractivity contribution is 6.08. The number of ketones is 1. The Morgan fingerprint density at radius 3 is 2.54 bits per heavy atom. The number of rotatable bonds is 6. The molecule has 130 valence electrons. The highest BCUT2D eigenvalue weighted by Gasteiger charge is 2.42. The van der Waals surface area contributed by atoms with Gasteiger partial charge in [-0.25, -0.2) is 0 Å². The maximum absolute atomic E-state index is 12.4. The summed E-state index contributed by atoms with van der Waals surface area (Å²) in [6, 6.07) is 3.91. The number of phenols is 1. The standard InChI is InChI=1S/C17H22N2O5/c1-10(20)14-15(11-5-6-12(21)13(9-11)24-4)19(8-7-18(2)3)17(23)16(14)22/h5-6,9,15,21-22H,7-8H2,1-4H3/t15-/m1/s1. The number of aliphatic hydroxyl groups is 1. The van der Waals surface area contributed by atoms with Crippen molar-refractivity contribution in [2.24, 2.45) is 0 Å². The van der Waals surface area contributed by atoms with Gasteiger partial charge in [-0.3, -0.25) is 9.59 Å². The molecule has 2 rings (SSSR count). The number of nitrogens with zero attached hydrogens (tertiary/aromatic N) is 2. The summed E-state index contributed by atoms with van der Waals surface area (Å²) in [5.41, 5.74) is 0.650. The average Bonchev–Trinajstić information content (AvgIpc) is 2.77. The Labute approximate surface area is 140 Å². The van der Waals surface area contributed by atoms with Crippen molar-refractivity contribution in [1.82, 2.24) is 9.80 Å². The lowest BCUT2D eigenvalue weighted by atomic mass is 9.96. The number of likely N-dealkylation sites (N-methyl/N-ethyl adjacent to an activating group) is 1. The zero-order valence-electron chi connectivity index (χ0n) is 14.2. The van der Waals surface area contributed by atoms with E-state index in [1.807, 2.05) is 19.0 Å². The molecule has 1 aromatic rings. The van der Waals surface area contributed by atoms with Crippen LogP contribution < -0.4 is 4.74 Å². The third kappa shape index (κ3) is 3.21. The van der Waals surface area contributed by atoms with Gasteiger partial charge < -0.3 is 24.7 Å². The lowest BCUT2D eigenvalue weighted by Gasteiger charge is -2.28. The van der Waals surface area contributed by atoms with Crippen molar-refractivity contribution in [2.75, 3.05) is 34.3 Å². The Morgan fingerprint density at radius 2 is 2.00 bits per heavy atom. The molecule has 7 heteroatoms. The molecule has 1 aliphatic rings. The minimum absolute atomic E-state index is 0.0389. The highest BCUT2D eigenvalue weighted by atomic mass is 16.5. The van der Waals surface area contributed by atoms with E-state index >= 15 is 0 Å². The monoisotopic (exact) mass is 334 g/mol. The fraction of sp³-hybridized carbons (Fsp3) is 0.412. The van der Waals surface area contributed by atoms with Crippen LogP contribution in [0.1, 0.15) is 18.5 Å². The normalized spacial score (nSPS) is 17.8. The second-order valence-electron chi connectivity index (χ2n) is 5.95.